The van der Waals surface area contributed by atoms with Gasteiger partial charge in [-0.3, -0.25) is 4.79 Å². The number of piperazine rings is 1. The van der Waals surface area contributed by atoms with Crippen molar-refractivity contribution in [3.05, 3.63) is 46.0 Å². The summed E-state index contributed by atoms with van der Waals surface area (Å²) in [5.74, 6) is -0.491. The second-order valence-corrected chi connectivity index (χ2v) is 10.5. The molecule has 1 aromatic carbocycles. The minimum Gasteiger partial charge on any atom is -0.490 e. The molecule has 1 saturated heterocycles. The Bertz CT molecular complexity index is 911. The van der Waals surface area contributed by atoms with Gasteiger partial charge in [0, 0.05) is 26.2 Å². The summed E-state index contributed by atoms with van der Waals surface area (Å²) < 4.78 is 46.4. The fraction of sp³-hybridized carbons (Fsp3) is 0.353. The van der Waals surface area contributed by atoms with Gasteiger partial charge in [0.25, 0.3) is 10.0 Å². The number of thiophene rings is 1. The number of carbonyl (C=O) groups excluding carboxylic acids is 1. The fourth-order valence-electron chi connectivity index (χ4n) is 2.71. The highest BCUT2D eigenvalue weighted by molar-refractivity contribution is 9.11. The summed E-state index contributed by atoms with van der Waals surface area (Å²) >= 11 is 4.43. The smallest absolute Gasteiger partial charge is 0.252 e. The van der Waals surface area contributed by atoms with Gasteiger partial charge in [0.2, 0.25) is 5.91 Å². The molecule has 1 aliphatic rings. The minimum absolute atomic E-state index is 0.0709. The molecule has 0 unspecified atom stereocenters. The third-order valence-electron chi connectivity index (χ3n) is 4.14. The molecule has 0 saturated carbocycles. The standard InChI is InChI=1S/C17H18BrFN2O4S2/c18-15-5-6-17(26-15)27(23,24)21-10-8-20(9-11-21)16(22)7-12-25-14-4-2-1-3-13(14)19/h1-6H,7-12H2. The van der Waals surface area contributed by atoms with E-state index < -0.39 is 15.8 Å². The SMILES string of the molecule is O=C(CCOc1ccccc1F)N1CCN(S(=O)(=O)c2ccc(Br)s2)CC1. The maximum absolute atomic E-state index is 13.5. The van der Waals surface area contributed by atoms with Crippen LogP contribution in [0, 0.1) is 5.82 Å². The van der Waals surface area contributed by atoms with E-state index in [9.17, 15) is 17.6 Å². The Labute approximate surface area is 169 Å². The Hall–Kier alpha value is -1.49. The number of nitrogens with zero attached hydrogens (tertiary/aromatic N) is 2. The van der Waals surface area contributed by atoms with Crippen LogP contribution in [0.5, 0.6) is 5.75 Å². The number of sulfonamides is 1. The van der Waals surface area contributed by atoms with Crippen molar-refractivity contribution in [1.29, 1.82) is 0 Å². The molecule has 1 fully saturated rings. The number of halogens is 2. The molecule has 1 amide bonds. The second-order valence-electron chi connectivity index (χ2n) is 5.87. The number of carbonyl (C=O) groups is 1. The van der Waals surface area contributed by atoms with Gasteiger partial charge in [0.1, 0.15) is 4.21 Å². The van der Waals surface area contributed by atoms with Gasteiger partial charge in [-0.15, -0.1) is 11.3 Å². The van der Waals surface area contributed by atoms with Crippen LogP contribution in [-0.2, 0) is 14.8 Å². The van der Waals surface area contributed by atoms with Crippen LogP contribution in [0.2, 0.25) is 0 Å². The summed E-state index contributed by atoms with van der Waals surface area (Å²) in [5, 5.41) is 0. The Balaban J connectivity index is 1.48. The fourth-order valence-corrected chi connectivity index (χ4v) is 6.30. The average molecular weight is 477 g/mol. The Kier molecular flexibility index (Phi) is 6.51. The van der Waals surface area contributed by atoms with Gasteiger partial charge in [-0.2, -0.15) is 4.31 Å². The van der Waals surface area contributed by atoms with Crippen molar-refractivity contribution in [3.8, 4) is 5.75 Å². The second kappa shape index (κ2) is 8.68. The zero-order valence-corrected chi connectivity index (χ0v) is 17.5. The lowest BCUT2D eigenvalue weighted by molar-refractivity contribution is -0.132. The molecule has 6 nitrogen and oxygen atoms in total. The third kappa shape index (κ3) is 4.87. The first-order valence-electron chi connectivity index (χ1n) is 8.28. The molecule has 0 N–H and O–H groups in total. The summed E-state index contributed by atoms with van der Waals surface area (Å²) in [6.07, 6.45) is 0.110. The molecule has 0 aliphatic carbocycles. The van der Waals surface area contributed by atoms with Gasteiger partial charge >= 0.3 is 0 Å². The van der Waals surface area contributed by atoms with Crippen molar-refractivity contribution in [2.45, 2.75) is 10.6 Å². The van der Waals surface area contributed by atoms with E-state index in [1.165, 1.54) is 16.4 Å². The van der Waals surface area contributed by atoms with Crippen LogP contribution in [0.25, 0.3) is 0 Å². The molecule has 146 valence electrons. The maximum atomic E-state index is 13.5. The summed E-state index contributed by atoms with van der Waals surface area (Å²) in [6, 6.07) is 9.30. The minimum atomic E-state index is -3.53. The molecule has 1 aromatic heterocycles. The molecule has 0 atom stereocenters. The van der Waals surface area contributed by atoms with E-state index >= 15 is 0 Å². The third-order valence-corrected chi connectivity index (χ3v) is 8.13. The molecule has 0 spiro atoms. The van der Waals surface area contributed by atoms with E-state index in [1.54, 1.807) is 29.2 Å². The van der Waals surface area contributed by atoms with Gasteiger partial charge in [-0.25, -0.2) is 12.8 Å². The van der Waals surface area contributed by atoms with E-state index in [1.807, 2.05) is 0 Å². The summed E-state index contributed by atoms with van der Waals surface area (Å²) in [7, 11) is -3.53. The lowest BCUT2D eigenvalue weighted by Crippen LogP contribution is -2.50. The van der Waals surface area contributed by atoms with Crippen LogP contribution in [0.15, 0.2) is 44.4 Å². The highest BCUT2D eigenvalue weighted by atomic mass is 79.9. The maximum Gasteiger partial charge on any atom is 0.252 e. The van der Waals surface area contributed by atoms with Crippen LogP contribution in [0.1, 0.15) is 6.42 Å². The quantitative estimate of drug-likeness (QED) is 0.642. The predicted molar refractivity (Wildman–Crippen MR) is 104 cm³/mol. The number of rotatable bonds is 6. The van der Waals surface area contributed by atoms with Crippen molar-refractivity contribution >= 4 is 43.2 Å². The first-order valence-corrected chi connectivity index (χ1v) is 11.3. The Morgan fingerprint density at radius 1 is 1.15 bits per heavy atom. The van der Waals surface area contributed by atoms with Crippen LogP contribution in [0.3, 0.4) is 0 Å². The lowest BCUT2D eigenvalue weighted by atomic mass is 10.3. The van der Waals surface area contributed by atoms with Crippen molar-refractivity contribution < 1.29 is 22.3 Å². The largest absolute Gasteiger partial charge is 0.490 e. The van der Waals surface area contributed by atoms with E-state index in [0.717, 1.165) is 15.1 Å². The van der Waals surface area contributed by atoms with E-state index in [0.29, 0.717) is 13.1 Å². The normalized spacial score (nSPS) is 15.7. The molecule has 27 heavy (non-hydrogen) atoms. The summed E-state index contributed by atoms with van der Waals surface area (Å²) in [6.45, 7) is 1.21. The Morgan fingerprint density at radius 3 is 2.48 bits per heavy atom. The van der Waals surface area contributed by atoms with Gasteiger partial charge in [0.05, 0.1) is 16.8 Å². The number of hydrogen-bond acceptors (Lipinski definition) is 5. The first-order chi connectivity index (χ1) is 12.9. The molecule has 2 aromatic rings. The van der Waals surface area contributed by atoms with Gasteiger partial charge in [-0.1, -0.05) is 12.1 Å². The molecular formula is C17H18BrFN2O4S2. The van der Waals surface area contributed by atoms with Crippen LogP contribution in [-0.4, -0.2) is 56.3 Å². The summed E-state index contributed by atoms with van der Waals surface area (Å²) in [4.78, 5) is 13.9. The monoisotopic (exact) mass is 476 g/mol. The highest BCUT2D eigenvalue weighted by Gasteiger charge is 2.30. The van der Waals surface area contributed by atoms with Gasteiger partial charge < -0.3 is 9.64 Å². The van der Waals surface area contributed by atoms with Gasteiger partial charge in [-0.05, 0) is 40.2 Å². The van der Waals surface area contributed by atoms with E-state index in [-0.39, 0.29) is 42.0 Å². The topological polar surface area (TPSA) is 66.9 Å². The zero-order valence-electron chi connectivity index (χ0n) is 14.3. The molecular weight excluding hydrogens is 459 g/mol. The van der Waals surface area contributed by atoms with E-state index in [2.05, 4.69) is 15.9 Å². The highest BCUT2D eigenvalue weighted by Crippen LogP contribution is 2.29. The van der Waals surface area contributed by atoms with Crippen LogP contribution >= 0.6 is 27.3 Å². The number of hydrogen-bond donors (Lipinski definition) is 0. The summed E-state index contributed by atoms with van der Waals surface area (Å²) in [5.41, 5.74) is 0. The molecule has 0 bridgehead atoms. The van der Waals surface area contributed by atoms with Gasteiger partial charge in [0.15, 0.2) is 11.6 Å². The molecule has 10 heteroatoms. The van der Waals surface area contributed by atoms with Crippen LogP contribution in [0.4, 0.5) is 4.39 Å². The number of benzene rings is 1. The number of amides is 1. The molecule has 0 radical (unpaired) electrons. The zero-order chi connectivity index (χ0) is 19.4. The lowest BCUT2D eigenvalue weighted by Gasteiger charge is -2.33. The van der Waals surface area contributed by atoms with Crippen molar-refractivity contribution in [3.63, 3.8) is 0 Å². The Morgan fingerprint density at radius 2 is 1.85 bits per heavy atom. The first kappa shape index (κ1) is 20.2. The van der Waals surface area contributed by atoms with Crippen LogP contribution < -0.4 is 4.74 Å². The van der Waals surface area contributed by atoms with E-state index in [4.69, 9.17) is 4.74 Å². The molecule has 2 heterocycles. The van der Waals surface area contributed by atoms with Crippen molar-refractivity contribution in [2.75, 3.05) is 32.8 Å². The van der Waals surface area contributed by atoms with Crippen molar-refractivity contribution in [2.24, 2.45) is 0 Å². The number of para-hydroxylation sites is 1. The molecule has 1 aliphatic heterocycles. The molecule has 3 rings (SSSR count). The van der Waals surface area contributed by atoms with Crippen molar-refractivity contribution in [1.82, 2.24) is 9.21 Å². The number of ether oxygens (including phenoxy) is 1. The average Bonchev–Trinajstić information content (AvgIpc) is 3.10. The predicted octanol–water partition coefficient (Wildman–Crippen LogP) is 2.95.